The topological polar surface area (TPSA) is 93.8 Å². The largest absolute Gasteiger partial charge is 0.491 e. The van der Waals surface area contributed by atoms with Gasteiger partial charge in [0, 0.05) is 46.8 Å². The van der Waals surface area contributed by atoms with E-state index in [1.54, 1.807) is 28.7 Å². The fraction of sp³-hybridized carbons (Fsp3) is 0.259. The normalized spacial score (nSPS) is 17.0. The molecule has 0 bridgehead atoms. The molecule has 2 atom stereocenters. The number of benzene rings is 2. The number of nitrogens with one attached hydrogen (secondary N) is 1. The Balaban J connectivity index is 1.26. The molecule has 1 aliphatic heterocycles. The molecule has 0 amide bonds. The van der Waals surface area contributed by atoms with Gasteiger partial charge in [0.05, 0.1) is 23.8 Å². The highest BCUT2D eigenvalue weighted by Crippen LogP contribution is 2.30. The second-order valence-electron chi connectivity index (χ2n) is 8.46. The van der Waals surface area contributed by atoms with E-state index in [1.165, 1.54) is 0 Å². The lowest BCUT2D eigenvalue weighted by Gasteiger charge is -2.31. The number of fused-ring (bicyclic) bond motifs is 1. The first-order valence-electron chi connectivity index (χ1n) is 11.9. The number of carbonyl (C=O) groups is 1. The minimum Gasteiger partial charge on any atom is -0.491 e. The van der Waals surface area contributed by atoms with Crippen LogP contribution in [0.2, 0.25) is 5.02 Å². The van der Waals surface area contributed by atoms with Gasteiger partial charge < -0.3 is 19.2 Å². The summed E-state index contributed by atoms with van der Waals surface area (Å²) in [4.78, 5) is 19.5. The van der Waals surface area contributed by atoms with Crippen molar-refractivity contribution in [1.29, 1.82) is 0 Å². The quantitative estimate of drug-likeness (QED) is 0.304. The summed E-state index contributed by atoms with van der Waals surface area (Å²) in [5, 5.41) is 1.19. The molecule has 192 valence electrons. The molecule has 10 heteroatoms. The Kier molecular flexibility index (Phi) is 7.85. The van der Waals surface area contributed by atoms with Gasteiger partial charge in [0.25, 0.3) is 0 Å². The van der Waals surface area contributed by atoms with Crippen LogP contribution in [0.25, 0.3) is 22.0 Å². The minimum absolute atomic E-state index is 0.287. The average molecular weight is 540 g/mol. The van der Waals surface area contributed by atoms with E-state index in [-0.39, 0.29) is 11.8 Å². The number of pyridine rings is 1. The Hall–Kier alpha value is -3.24. The zero-order chi connectivity index (χ0) is 25.8. The van der Waals surface area contributed by atoms with E-state index >= 15 is 0 Å². The standard InChI is InChI=1S/C27H26ClN3O5S/c1-2-34-26-9-6-19(14-29-26)18-4-3-5-21(12-18)36-17-22-15-31(10-11-35-22)37(33)27-23-13-20(28)7-8-24(23)30-25(27)16-32/h3-9,12-14,16,22,30H,2,10-11,15,17H2,1H3. The maximum atomic E-state index is 13.6. The maximum absolute atomic E-state index is 13.6. The molecule has 4 aromatic rings. The van der Waals surface area contributed by atoms with Crippen LogP contribution in [-0.4, -0.2) is 63.8 Å². The Morgan fingerprint density at radius 2 is 2.08 bits per heavy atom. The fourth-order valence-corrected chi connectivity index (χ4v) is 5.86. The monoisotopic (exact) mass is 539 g/mol. The summed E-state index contributed by atoms with van der Waals surface area (Å²) in [6, 6.07) is 16.8. The molecular weight excluding hydrogens is 514 g/mol. The molecular formula is C27H26ClN3O5S. The molecule has 0 spiro atoms. The van der Waals surface area contributed by atoms with E-state index in [1.807, 2.05) is 43.3 Å². The first-order valence-corrected chi connectivity index (χ1v) is 13.4. The van der Waals surface area contributed by atoms with Crippen molar-refractivity contribution in [1.82, 2.24) is 14.3 Å². The van der Waals surface area contributed by atoms with Gasteiger partial charge in [0.1, 0.15) is 29.4 Å². The molecule has 37 heavy (non-hydrogen) atoms. The highest BCUT2D eigenvalue weighted by atomic mass is 35.5. The third-order valence-corrected chi connectivity index (χ3v) is 7.83. The van der Waals surface area contributed by atoms with Crippen molar-refractivity contribution in [2.45, 2.75) is 17.9 Å². The molecule has 1 saturated heterocycles. The molecule has 0 saturated carbocycles. The predicted molar refractivity (Wildman–Crippen MR) is 143 cm³/mol. The van der Waals surface area contributed by atoms with Crippen LogP contribution < -0.4 is 9.47 Å². The molecule has 1 N–H and O–H groups in total. The van der Waals surface area contributed by atoms with Gasteiger partial charge in [-0.3, -0.25) is 4.79 Å². The molecule has 3 heterocycles. The molecule has 8 nitrogen and oxygen atoms in total. The number of morpholine rings is 1. The molecule has 0 aliphatic carbocycles. The molecule has 0 radical (unpaired) electrons. The summed E-state index contributed by atoms with van der Waals surface area (Å²) in [5.74, 6) is 1.29. The second-order valence-corrected chi connectivity index (χ2v) is 10.3. The molecule has 1 fully saturated rings. The van der Waals surface area contributed by atoms with Crippen molar-refractivity contribution in [3.05, 3.63) is 71.5 Å². The van der Waals surface area contributed by atoms with Gasteiger partial charge in [0.15, 0.2) is 6.29 Å². The lowest BCUT2D eigenvalue weighted by atomic mass is 10.1. The number of H-pyrrole nitrogens is 1. The summed E-state index contributed by atoms with van der Waals surface area (Å²) < 4.78 is 32.7. The predicted octanol–water partition coefficient (Wildman–Crippen LogP) is 4.90. The van der Waals surface area contributed by atoms with E-state index in [9.17, 15) is 9.00 Å². The fourth-order valence-electron chi connectivity index (χ4n) is 4.24. The first-order chi connectivity index (χ1) is 18.1. The van der Waals surface area contributed by atoms with E-state index < -0.39 is 11.0 Å². The number of rotatable bonds is 9. The van der Waals surface area contributed by atoms with Crippen molar-refractivity contribution in [2.75, 3.05) is 32.9 Å². The van der Waals surface area contributed by atoms with Crippen LogP contribution in [0.4, 0.5) is 0 Å². The van der Waals surface area contributed by atoms with Crippen LogP contribution in [0.1, 0.15) is 17.4 Å². The van der Waals surface area contributed by atoms with Crippen molar-refractivity contribution in [3.63, 3.8) is 0 Å². The highest BCUT2D eigenvalue weighted by Gasteiger charge is 2.29. The third-order valence-electron chi connectivity index (χ3n) is 6.00. The summed E-state index contributed by atoms with van der Waals surface area (Å²) in [6.07, 6.45) is 2.17. The molecule has 2 unspecified atom stereocenters. The van der Waals surface area contributed by atoms with Crippen molar-refractivity contribution < 1.29 is 23.2 Å². The lowest BCUT2D eigenvalue weighted by Crippen LogP contribution is -2.45. The second kappa shape index (κ2) is 11.4. The molecule has 1 aliphatic rings. The van der Waals surface area contributed by atoms with Gasteiger partial charge in [0.2, 0.25) is 5.88 Å². The average Bonchev–Trinajstić information content (AvgIpc) is 3.30. The van der Waals surface area contributed by atoms with E-state index in [2.05, 4.69) is 9.97 Å². The maximum Gasteiger partial charge on any atom is 0.213 e. The van der Waals surface area contributed by atoms with Gasteiger partial charge in [-0.25, -0.2) is 13.5 Å². The Bertz CT molecular complexity index is 1430. The third kappa shape index (κ3) is 5.70. The van der Waals surface area contributed by atoms with Gasteiger partial charge in [-0.2, -0.15) is 0 Å². The van der Waals surface area contributed by atoms with Crippen LogP contribution in [0.15, 0.2) is 65.7 Å². The van der Waals surface area contributed by atoms with Crippen LogP contribution in [0.3, 0.4) is 0 Å². The minimum atomic E-state index is -1.57. The zero-order valence-electron chi connectivity index (χ0n) is 20.2. The zero-order valence-corrected chi connectivity index (χ0v) is 21.8. The van der Waals surface area contributed by atoms with Gasteiger partial charge in [-0.05, 0) is 48.9 Å². The van der Waals surface area contributed by atoms with Crippen molar-refractivity contribution in [3.8, 4) is 22.8 Å². The first kappa shape index (κ1) is 25.4. The summed E-state index contributed by atoms with van der Waals surface area (Å²) in [7, 11) is -1.57. The van der Waals surface area contributed by atoms with Crippen LogP contribution in [-0.2, 0) is 15.7 Å². The van der Waals surface area contributed by atoms with Crippen LogP contribution in [0.5, 0.6) is 11.6 Å². The number of aldehydes is 1. The Morgan fingerprint density at radius 1 is 1.19 bits per heavy atom. The number of hydrogen-bond donors (Lipinski definition) is 1. The summed E-state index contributed by atoms with van der Waals surface area (Å²) in [6.45, 7) is 4.04. The number of halogens is 1. The highest BCUT2D eigenvalue weighted by molar-refractivity contribution is 7.83. The van der Waals surface area contributed by atoms with E-state index in [0.717, 1.165) is 11.1 Å². The van der Waals surface area contributed by atoms with Crippen molar-refractivity contribution in [2.24, 2.45) is 0 Å². The summed E-state index contributed by atoms with van der Waals surface area (Å²) >= 11 is 6.17. The van der Waals surface area contributed by atoms with E-state index in [0.29, 0.717) is 71.6 Å². The number of hydrogen-bond acceptors (Lipinski definition) is 6. The molecule has 5 rings (SSSR count). The smallest absolute Gasteiger partial charge is 0.213 e. The molecule has 2 aromatic heterocycles. The number of carbonyl (C=O) groups excluding carboxylic acids is 1. The van der Waals surface area contributed by atoms with Gasteiger partial charge >= 0.3 is 0 Å². The lowest BCUT2D eigenvalue weighted by molar-refractivity contribution is -0.0237. The van der Waals surface area contributed by atoms with Crippen molar-refractivity contribution >= 4 is 39.8 Å². The van der Waals surface area contributed by atoms with E-state index in [4.69, 9.17) is 25.8 Å². The number of aromatic amines is 1. The van der Waals surface area contributed by atoms with Gasteiger partial charge in [-0.1, -0.05) is 23.7 Å². The summed E-state index contributed by atoms with van der Waals surface area (Å²) in [5.41, 5.74) is 2.93. The Morgan fingerprint density at radius 3 is 2.86 bits per heavy atom. The van der Waals surface area contributed by atoms with Crippen LogP contribution >= 0.6 is 11.6 Å². The molecule has 2 aromatic carbocycles. The number of aromatic nitrogens is 2. The van der Waals surface area contributed by atoms with Crippen LogP contribution in [0, 0.1) is 0 Å². The van der Waals surface area contributed by atoms with Gasteiger partial charge in [-0.15, -0.1) is 0 Å². The Labute approximate surface area is 222 Å². The number of nitrogens with zero attached hydrogens (tertiary/aromatic N) is 2. The SMILES string of the molecule is CCOc1ccc(-c2cccc(OCC3CN(S(=O)c4c(C=O)[nH]c5ccc(Cl)cc45)CCO3)c2)cn1. The number of ether oxygens (including phenoxy) is 3.